The predicted octanol–water partition coefficient (Wildman–Crippen LogP) is 16.9. The summed E-state index contributed by atoms with van der Waals surface area (Å²) in [6.07, 6.45) is 5.46. The van der Waals surface area contributed by atoms with E-state index in [0.29, 0.717) is 0 Å². The third-order valence-corrected chi connectivity index (χ3v) is 13.7. The van der Waals surface area contributed by atoms with Gasteiger partial charge < -0.3 is 28.7 Å². The number of hydrogen-bond acceptors (Lipinski definition) is 3. The average molecular weight is 1150 g/mol. The number of aromatic nitrogens is 6. The van der Waals surface area contributed by atoms with Crippen molar-refractivity contribution in [3.8, 4) is 50.8 Å². The van der Waals surface area contributed by atoms with Crippen LogP contribution in [-0.2, 0) is 20.1 Å². The van der Waals surface area contributed by atoms with Crippen LogP contribution in [0.2, 0.25) is 0 Å². The summed E-state index contributed by atoms with van der Waals surface area (Å²) in [5.41, 5.74) is 16.5. The molecule has 7 heteroatoms. The van der Waals surface area contributed by atoms with Gasteiger partial charge in [-0.25, -0.2) is 0 Å². The molecule has 6 aromatic heterocycles. The molecule has 0 unspecified atom stereocenters. The van der Waals surface area contributed by atoms with Gasteiger partial charge in [0.1, 0.15) is 0 Å². The zero-order valence-corrected chi connectivity index (χ0v) is 43.4. The van der Waals surface area contributed by atoms with E-state index in [9.17, 15) is 0 Å². The van der Waals surface area contributed by atoms with Crippen molar-refractivity contribution < 1.29 is 20.1 Å². The number of pyridine rings is 3. The quantitative estimate of drug-likeness (QED) is 0.156. The van der Waals surface area contributed by atoms with Crippen molar-refractivity contribution in [3.63, 3.8) is 0 Å². The number of rotatable bonds is 6. The predicted molar refractivity (Wildman–Crippen MR) is 309 cm³/mol. The van der Waals surface area contributed by atoms with E-state index in [2.05, 4.69) is 229 Å². The second-order valence-electron chi connectivity index (χ2n) is 18.1. The van der Waals surface area contributed by atoms with Gasteiger partial charge in [0.25, 0.3) is 0 Å². The first-order chi connectivity index (χ1) is 37.2. The van der Waals surface area contributed by atoms with Crippen LogP contribution in [-0.4, -0.2) is 28.7 Å². The Kier molecular flexibility index (Phi) is 13.2. The minimum atomic E-state index is 0. The van der Waals surface area contributed by atoms with Crippen molar-refractivity contribution in [1.82, 2.24) is 28.7 Å². The van der Waals surface area contributed by atoms with Crippen LogP contribution in [0.4, 0.5) is 0 Å². The van der Waals surface area contributed by atoms with Gasteiger partial charge in [0.15, 0.2) is 0 Å². The van der Waals surface area contributed by atoms with Crippen LogP contribution in [0.15, 0.2) is 273 Å². The Hall–Kier alpha value is -9.52. The van der Waals surface area contributed by atoms with Gasteiger partial charge in [-0.2, -0.15) is 0 Å². The van der Waals surface area contributed by atoms with Crippen LogP contribution in [0.25, 0.3) is 116 Å². The second kappa shape index (κ2) is 21.1. The first-order valence-corrected chi connectivity index (χ1v) is 25.0. The molecule has 76 heavy (non-hydrogen) atoms. The molecular weight excluding hydrogens is 1110 g/mol. The number of fused-ring (bicyclic) bond motifs is 9. The Morgan fingerprint density at radius 3 is 0.789 bits per heavy atom. The van der Waals surface area contributed by atoms with E-state index in [1.165, 1.54) is 48.9 Å². The third kappa shape index (κ3) is 8.94. The summed E-state index contributed by atoms with van der Waals surface area (Å²) >= 11 is 0. The van der Waals surface area contributed by atoms with Gasteiger partial charge in [-0.1, -0.05) is 162 Å². The Morgan fingerprint density at radius 2 is 0.513 bits per heavy atom. The minimum Gasteiger partial charge on any atom is -0.351 e. The molecule has 0 amide bonds. The molecule has 0 aliphatic rings. The summed E-state index contributed by atoms with van der Waals surface area (Å²) in [4.78, 5) is 13.4. The van der Waals surface area contributed by atoms with Gasteiger partial charge in [-0.15, -0.1) is 71.3 Å². The van der Waals surface area contributed by atoms with E-state index in [0.717, 1.165) is 67.4 Å². The fraction of sp³-hybridized carbons (Fsp3) is 0. The second-order valence-corrected chi connectivity index (χ2v) is 18.1. The topological polar surface area (TPSA) is 53.5 Å². The summed E-state index contributed by atoms with van der Waals surface area (Å²) in [5.74, 6) is 0. The molecule has 0 atom stereocenters. The van der Waals surface area contributed by atoms with Crippen molar-refractivity contribution >= 4 is 65.4 Å². The molecule has 0 bridgehead atoms. The number of para-hydroxylation sites is 6. The molecule has 15 aromatic rings. The van der Waals surface area contributed by atoms with Crippen molar-refractivity contribution in [2.75, 3.05) is 0 Å². The largest absolute Gasteiger partial charge is 3.00 e. The molecule has 0 N–H and O–H groups in total. The summed E-state index contributed by atoms with van der Waals surface area (Å²) in [6.45, 7) is 0. The number of benzene rings is 9. The standard InChI is InChI=1S/3C23H15N2.Ir/c3*1-2-8-18(9-3-1)25-22-12-5-4-10-19(22)20-16-17(13-14-23(20)25)21-11-6-7-15-24-21;/h3*1-12,14-16H;/q3*-1;+3. The van der Waals surface area contributed by atoms with E-state index in [4.69, 9.17) is 0 Å². The van der Waals surface area contributed by atoms with E-state index >= 15 is 0 Å². The Bertz CT molecular complexity index is 3980. The smallest absolute Gasteiger partial charge is 0.351 e. The van der Waals surface area contributed by atoms with Crippen LogP contribution in [0, 0.1) is 18.2 Å². The SMILES string of the molecule is [Ir+3].[c-]1cc2c(cc1-c1ccccn1)c1ccccc1n2-c1ccccc1.[c-]1cc2c(cc1-c1ccccn1)c1ccccc1n2-c1ccccc1.[c-]1cc2c(cc1-c1ccccn1)c1ccccc1n2-c1ccccc1. The summed E-state index contributed by atoms with van der Waals surface area (Å²) in [7, 11) is 0. The van der Waals surface area contributed by atoms with Gasteiger partial charge in [0, 0.05) is 52.2 Å². The van der Waals surface area contributed by atoms with Gasteiger partial charge in [0.2, 0.25) is 0 Å². The summed E-state index contributed by atoms with van der Waals surface area (Å²) in [5, 5.41) is 7.39. The maximum atomic E-state index is 4.46. The zero-order valence-electron chi connectivity index (χ0n) is 41.0. The fourth-order valence-electron chi connectivity index (χ4n) is 10.3. The first-order valence-electron chi connectivity index (χ1n) is 25.0. The van der Waals surface area contributed by atoms with Crippen molar-refractivity contribution in [3.05, 3.63) is 292 Å². The molecule has 9 aromatic carbocycles. The molecule has 0 radical (unpaired) electrons. The Labute approximate surface area is 453 Å². The summed E-state index contributed by atoms with van der Waals surface area (Å²) < 4.78 is 6.89. The minimum absolute atomic E-state index is 0. The van der Waals surface area contributed by atoms with Crippen molar-refractivity contribution in [2.45, 2.75) is 0 Å². The van der Waals surface area contributed by atoms with Gasteiger partial charge in [-0.05, 0) is 123 Å². The van der Waals surface area contributed by atoms with Crippen LogP contribution in [0.5, 0.6) is 0 Å². The van der Waals surface area contributed by atoms with E-state index in [-0.39, 0.29) is 20.1 Å². The molecule has 0 aliphatic carbocycles. The Morgan fingerprint density at radius 1 is 0.250 bits per heavy atom. The van der Waals surface area contributed by atoms with E-state index in [1.54, 1.807) is 0 Å². The molecule has 0 fully saturated rings. The monoisotopic (exact) mass is 1150 g/mol. The molecule has 360 valence electrons. The maximum absolute atomic E-state index is 4.46. The molecular formula is C69H45IrN6. The van der Waals surface area contributed by atoms with Crippen LogP contribution >= 0.6 is 0 Å². The molecule has 0 aliphatic heterocycles. The van der Waals surface area contributed by atoms with Crippen LogP contribution < -0.4 is 0 Å². The summed E-state index contributed by atoms with van der Waals surface area (Å²) in [6, 6.07) is 97.9. The van der Waals surface area contributed by atoms with E-state index < -0.39 is 0 Å². The normalized spacial score (nSPS) is 11.1. The van der Waals surface area contributed by atoms with Crippen molar-refractivity contribution in [2.24, 2.45) is 0 Å². The Balaban J connectivity index is 0.000000114. The van der Waals surface area contributed by atoms with Crippen LogP contribution in [0.1, 0.15) is 0 Å². The molecule has 15 rings (SSSR count). The number of nitrogens with zero attached hydrogens (tertiary/aromatic N) is 6. The van der Waals surface area contributed by atoms with Gasteiger partial charge >= 0.3 is 20.1 Å². The first kappa shape index (κ1) is 47.5. The number of hydrogen-bond donors (Lipinski definition) is 0. The van der Waals surface area contributed by atoms with Gasteiger partial charge in [-0.3, -0.25) is 0 Å². The zero-order chi connectivity index (χ0) is 49.9. The van der Waals surface area contributed by atoms with Gasteiger partial charge in [0.05, 0.1) is 0 Å². The maximum Gasteiger partial charge on any atom is 3.00 e. The molecule has 0 saturated carbocycles. The fourth-order valence-corrected chi connectivity index (χ4v) is 10.3. The molecule has 6 heterocycles. The van der Waals surface area contributed by atoms with Crippen molar-refractivity contribution in [1.29, 1.82) is 0 Å². The third-order valence-electron chi connectivity index (χ3n) is 13.7. The average Bonchev–Trinajstić information content (AvgIpc) is 4.23. The molecule has 6 nitrogen and oxygen atoms in total. The van der Waals surface area contributed by atoms with E-state index in [1.807, 2.05) is 91.4 Å². The molecule has 0 saturated heterocycles. The molecule has 0 spiro atoms. The van der Waals surface area contributed by atoms with Crippen LogP contribution in [0.3, 0.4) is 0 Å².